The van der Waals surface area contributed by atoms with Crippen LogP contribution in [0.25, 0.3) is 0 Å². The van der Waals surface area contributed by atoms with Crippen LogP contribution in [0.5, 0.6) is 0 Å². The van der Waals surface area contributed by atoms with Gasteiger partial charge in [0.15, 0.2) is 0 Å². The van der Waals surface area contributed by atoms with E-state index in [4.69, 9.17) is 5.73 Å². The van der Waals surface area contributed by atoms with Crippen molar-refractivity contribution in [1.29, 1.82) is 0 Å². The molecule has 2 heteroatoms. The summed E-state index contributed by atoms with van der Waals surface area (Å²) in [5.74, 6) is 1.22. The monoisotopic (exact) mass is 145 g/mol. The number of hydrogen-bond acceptors (Lipinski definition) is 2. The van der Waals surface area contributed by atoms with Gasteiger partial charge in [0.2, 0.25) is 0 Å². The highest BCUT2D eigenvalue weighted by atomic mass is 32.2. The minimum atomic E-state index is 0.495. The largest absolute Gasteiger partial charge is 0.327 e. The molecule has 0 aromatic heterocycles. The van der Waals surface area contributed by atoms with Gasteiger partial charge in [-0.1, -0.05) is 13.3 Å². The second kappa shape index (κ2) is 3.47. The second-order valence-corrected chi connectivity index (χ2v) is 4.10. The normalized spacial score (nSPS) is 35.3. The highest BCUT2D eigenvalue weighted by Gasteiger charge is 2.22. The summed E-state index contributed by atoms with van der Waals surface area (Å²) < 4.78 is 0. The molecule has 0 aromatic carbocycles. The van der Waals surface area contributed by atoms with Gasteiger partial charge in [-0.05, 0) is 18.6 Å². The van der Waals surface area contributed by atoms with Crippen molar-refractivity contribution in [3.05, 3.63) is 0 Å². The van der Waals surface area contributed by atoms with E-state index in [1.54, 1.807) is 0 Å². The Balaban J connectivity index is 2.22. The van der Waals surface area contributed by atoms with Crippen molar-refractivity contribution in [3.63, 3.8) is 0 Å². The average Bonchev–Trinajstić information content (AvgIpc) is 2.18. The van der Waals surface area contributed by atoms with Crippen LogP contribution < -0.4 is 5.73 Å². The minimum Gasteiger partial charge on any atom is -0.327 e. The Bertz CT molecular complexity index is 85.0. The number of hydrogen-bond donors (Lipinski definition) is 1. The number of nitrogens with two attached hydrogens (primary N) is 1. The van der Waals surface area contributed by atoms with Gasteiger partial charge in [-0.2, -0.15) is 11.8 Å². The summed E-state index contributed by atoms with van der Waals surface area (Å²) in [5.41, 5.74) is 5.84. The lowest BCUT2D eigenvalue weighted by Crippen LogP contribution is -2.26. The molecule has 0 heterocycles. The van der Waals surface area contributed by atoms with E-state index in [0.717, 1.165) is 5.25 Å². The smallest absolute Gasteiger partial charge is 0.0198 e. The van der Waals surface area contributed by atoms with E-state index in [9.17, 15) is 0 Å². The van der Waals surface area contributed by atoms with Crippen LogP contribution in [0.2, 0.25) is 0 Å². The summed E-state index contributed by atoms with van der Waals surface area (Å²) in [5, 5.41) is 0.773. The molecule has 1 rings (SSSR count). The maximum Gasteiger partial charge on any atom is 0.0198 e. The molecule has 1 aliphatic rings. The van der Waals surface area contributed by atoms with Crippen molar-refractivity contribution in [1.82, 2.24) is 0 Å². The van der Waals surface area contributed by atoms with Gasteiger partial charge in [0.05, 0.1) is 0 Å². The van der Waals surface area contributed by atoms with Gasteiger partial charge < -0.3 is 5.73 Å². The first-order chi connectivity index (χ1) is 4.34. The van der Waals surface area contributed by atoms with Crippen LogP contribution in [-0.4, -0.2) is 17.0 Å². The zero-order valence-corrected chi connectivity index (χ0v) is 6.79. The minimum absolute atomic E-state index is 0.495. The van der Waals surface area contributed by atoms with Crippen molar-refractivity contribution >= 4 is 11.8 Å². The van der Waals surface area contributed by atoms with Gasteiger partial charge in [-0.15, -0.1) is 0 Å². The molecule has 9 heavy (non-hydrogen) atoms. The van der Waals surface area contributed by atoms with Crippen LogP contribution in [0.3, 0.4) is 0 Å². The Hall–Kier alpha value is 0.310. The van der Waals surface area contributed by atoms with E-state index >= 15 is 0 Å². The van der Waals surface area contributed by atoms with Crippen LogP contribution in [0.4, 0.5) is 0 Å². The lowest BCUT2D eigenvalue weighted by atomic mass is 10.3. The van der Waals surface area contributed by atoms with E-state index in [1.807, 2.05) is 11.8 Å². The molecule has 1 saturated carbocycles. The fourth-order valence-corrected chi connectivity index (χ4v) is 2.52. The molecule has 1 nitrogen and oxygen atoms in total. The third kappa shape index (κ3) is 1.87. The van der Waals surface area contributed by atoms with E-state index < -0.39 is 0 Å². The van der Waals surface area contributed by atoms with Gasteiger partial charge in [-0.25, -0.2) is 0 Å². The summed E-state index contributed by atoms with van der Waals surface area (Å²) in [6.07, 6.45) is 3.94. The fraction of sp³-hybridized carbons (Fsp3) is 1.00. The van der Waals surface area contributed by atoms with Crippen LogP contribution in [0, 0.1) is 0 Å². The number of rotatable bonds is 2. The molecule has 0 radical (unpaired) electrons. The predicted octanol–water partition coefficient (Wildman–Crippen LogP) is 1.62. The third-order valence-electron chi connectivity index (χ3n) is 1.88. The molecular weight excluding hydrogens is 130 g/mol. The average molecular weight is 145 g/mol. The van der Waals surface area contributed by atoms with Gasteiger partial charge in [-0.3, -0.25) is 0 Å². The van der Waals surface area contributed by atoms with Crippen LogP contribution in [0.1, 0.15) is 26.2 Å². The third-order valence-corrected chi connectivity index (χ3v) is 3.23. The SMILES string of the molecule is CCS[C@@H]1CCC[C@@H]1N. The van der Waals surface area contributed by atoms with Crippen molar-refractivity contribution in [2.24, 2.45) is 5.73 Å². The Morgan fingerprint density at radius 1 is 1.56 bits per heavy atom. The molecule has 1 aliphatic carbocycles. The molecule has 0 amide bonds. The maximum absolute atomic E-state index is 5.84. The summed E-state index contributed by atoms with van der Waals surface area (Å²) in [4.78, 5) is 0. The van der Waals surface area contributed by atoms with Gasteiger partial charge >= 0.3 is 0 Å². The molecule has 1 fully saturated rings. The van der Waals surface area contributed by atoms with Crippen LogP contribution in [-0.2, 0) is 0 Å². The Labute approximate surface area is 61.4 Å². The van der Waals surface area contributed by atoms with Gasteiger partial charge in [0.1, 0.15) is 0 Å². The molecular formula is C7H15NS. The standard InChI is InChI=1S/C7H15NS/c1-2-9-7-5-3-4-6(7)8/h6-7H,2-5,8H2,1H3/t6-,7+/m0/s1. The van der Waals surface area contributed by atoms with Crippen LogP contribution in [0.15, 0.2) is 0 Å². The summed E-state index contributed by atoms with van der Waals surface area (Å²) in [7, 11) is 0. The molecule has 2 atom stereocenters. The Morgan fingerprint density at radius 3 is 2.78 bits per heavy atom. The molecule has 0 spiro atoms. The van der Waals surface area contributed by atoms with Gasteiger partial charge in [0, 0.05) is 11.3 Å². The molecule has 0 saturated heterocycles. The highest BCUT2D eigenvalue weighted by molar-refractivity contribution is 7.99. The predicted molar refractivity (Wildman–Crippen MR) is 43.7 cm³/mol. The van der Waals surface area contributed by atoms with E-state index in [0.29, 0.717) is 6.04 Å². The first-order valence-electron chi connectivity index (χ1n) is 3.71. The zero-order valence-electron chi connectivity index (χ0n) is 5.97. The topological polar surface area (TPSA) is 26.0 Å². The van der Waals surface area contributed by atoms with E-state index in [2.05, 4.69) is 6.92 Å². The molecule has 0 unspecified atom stereocenters. The molecule has 0 aliphatic heterocycles. The second-order valence-electron chi connectivity index (χ2n) is 2.59. The van der Waals surface area contributed by atoms with E-state index in [1.165, 1.54) is 25.0 Å². The molecule has 2 N–H and O–H groups in total. The highest BCUT2D eigenvalue weighted by Crippen LogP contribution is 2.28. The maximum atomic E-state index is 5.84. The molecule has 0 aromatic rings. The summed E-state index contributed by atoms with van der Waals surface area (Å²) in [6.45, 7) is 2.20. The van der Waals surface area contributed by atoms with E-state index in [-0.39, 0.29) is 0 Å². The van der Waals surface area contributed by atoms with Crippen molar-refractivity contribution in [2.75, 3.05) is 5.75 Å². The first-order valence-corrected chi connectivity index (χ1v) is 4.76. The fourth-order valence-electron chi connectivity index (χ4n) is 1.38. The lowest BCUT2D eigenvalue weighted by Gasteiger charge is -2.12. The molecule has 54 valence electrons. The quantitative estimate of drug-likeness (QED) is 0.639. The van der Waals surface area contributed by atoms with Crippen molar-refractivity contribution < 1.29 is 0 Å². The first kappa shape index (κ1) is 7.42. The molecule has 0 bridgehead atoms. The summed E-state index contributed by atoms with van der Waals surface area (Å²) in [6, 6.07) is 0.495. The Morgan fingerprint density at radius 2 is 2.33 bits per heavy atom. The van der Waals surface area contributed by atoms with Crippen LogP contribution >= 0.6 is 11.8 Å². The van der Waals surface area contributed by atoms with Crippen molar-refractivity contribution in [3.8, 4) is 0 Å². The van der Waals surface area contributed by atoms with Crippen molar-refractivity contribution in [2.45, 2.75) is 37.5 Å². The number of thioether (sulfide) groups is 1. The summed E-state index contributed by atoms with van der Waals surface area (Å²) >= 11 is 2.02. The van der Waals surface area contributed by atoms with Gasteiger partial charge in [0.25, 0.3) is 0 Å². The lowest BCUT2D eigenvalue weighted by molar-refractivity contribution is 0.716. The Kier molecular flexibility index (Phi) is 2.86. The zero-order chi connectivity index (χ0) is 6.69.